The van der Waals surface area contributed by atoms with Gasteiger partial charge < -0.3 is 9.84 Å². The average molecular weight is 464 g/mol. The molecule has 2 aromatic carbocycles. The lowest BCUT2D eigenvalue weighted by Crippen LogP contribution is -2.30. The number of Topliss-reactive ketones (excluding diaryl/α,β-unsaturated/α-hetero) is 1. The van der Waals surface area contributed by atoms with E-state index in [9.17, 15) is 23.5 Å². The van der Waals surface area contributed by atoms with E-state index in [1.807, 2.05) is 13.8 Å². The number of nitrogens with zero attached hydrogens (tertiary/aromatic N) is 2. The molecule has 1 aliphatic rings. The minimum Gasteiger partial charge on any atom is -0.507 e. The van der Waals surface area contributed by atoms with Crippen LogP contribution in [-0.2, 0) is 9.59 Å². The molecular weight excluding hydrogens is 442 g/mol. The molecule has 1 aromatic heterocycles. The molecule has 0 spiro atoms. The Labute approximate surface area is 195 Å². The Balaban J connectivity index is 1.90. The van der Waals surface area contributed by atoms with Crippen molar-refractivity contribution >= 4 is 23.1 Å². The number of aliphatic hydroxyl groups is 1. The van der Waals surface area contributed by atoms with Crippen molar-refractivity contribution in [2.75, 3.05) is 4.90 Å². The Hall–Kier alpha value is -4.07. The Kier molecular flexibility index (Phi) is 6.15. The third-order valence-electron chi connectivity index (χ3n) is 5.39. The van der Waals surface area contributed by atoms with E-state index in [1.165, 1.54) is 6.20 Å². The first-order valence-corrected chi connectivity index (χ1v) is 10.6. The van der Waals surface area contributed by atoms with Gasteiger partial charge in [0.15, 0.2) is 0 Å². The predicted molar refractivity (Wildman–Crippen MR) is 122 cm³/mol. The Morgan fingerprint density at radius 2 is 1.85 bits per heavy atom. The summed E-state index contributed by atoms with van der Waals surface area (Å²) in [6.07, 6.45) is 1.40. The fraction of sp³-hybridized carbons (Fsp3) is 0.192. The fourth-order valence-electron chi connectivity index (χ4n) is 3.91. The van der Waals surface area contributed by atoms with Gasteiger partial charge in [0.1, 0.15) is 29.2 Å². The van der Waals surface area contributed by atoms with Crippen molar-refractivity contribution in [3.8, 4) is 5.75 Å². The van der Waals surface area contributed by atoms with Crippen molar-refractivity contribution in [3.05, 3.63) is 94.8 Å². The molecule has 3 aromatic rings. The molecule has 1 amide bonds. The number of ether oxygens (including phenoxy) is 1. The van der Waals surface area contributed by atoms with Crippen LogP contribution in [-0.4, -0.2) is 27.9 Å². The summed E-state index contributed by atoms with van der Waals surface area (Å²) in [4.78, 5) is 31.3. The minimum atomic E-state index is -1.21. The molecule has 0 radical (unpaired) electrons. The highest BCUT2D eigenvalue weighted by Crippen LogP contribution is 2.42. The summed E-state index contributed by atoms with van der Waals surface area (Å²) in [5, 5.41) is 11.2. The van der Waals surface area contributed by atoms with Crippen molar-refractivity contribution in [1.29, 1.82) is 0 Å². The van der Waals surface area contributed by atoms with Crippen LogP contribution >= 0.6 is 0 Å². The summed E-state index contributed by atoms with van der Waals surface area (Å²) in [6, 6.07) is 11.2. The number of amides is 1. The number of anilines is 1. The maximum Gasteiger partial charge on any atom is 0.300 e. The minimum absolute atomic E-state index is 0.0572. The van der Waals surface area contributed by atoms with Crippen LogP contribution in [0.15, 0.2) is 66.4 Å². The molecule has 1 aliphatic heterocycles. The number of carbonyl (C=O) groups is 2. The molecule has 6 nitrogen and oxygen atoms in total. The van der Waals surface area contributed by atoms with E-state index in [-0.39, 0.29) is 28.6 Å². The third-order valence-corrected chi connectivity index (χ3v) is 5.39. The van der Waals surface area contributed by atoms with Crippen LogP contribution in [0.1, 0.15) is 36.7 Å². The molecule has 0 bridgehead atoms. The van der Waals surface area contributed by atoms with Gasteiger partial charge in [-0.2, -0.15) is 0 Å². The molecule has 1 fully saturated rings. The lowest BCUT2D eigenvalue weighted by atomic mass is 9.97. The van der Waals surface area contributed by atoms with Gasteiger partial charge in [0.05, 0.1) is 23.1 Å². The number of aromatic nitrogens is 1. The van der Waals surface area contributed by atoms with Crippen LogP contribution in [0.4, 0.5) is 14.5 Å². The highest BCUT2D eigenvalue weighted by atomic mass is 19.1. The zero-order chi connectivity index (χ0) is 24.6. The molecule has 174 valence electrons. The number of hydrogen-bond acceptors (Lipinski definition) is 5. The molecule has 1 unspecified atom stereocenters. The first-order valence-electron chi connectivity index (χ1n) is 10.6. The molecule has 0 aliphatic carbocycles. The number of carbonyl (C=O) groups excluding carboxylic acids is 2. The van der Waals surface area contributed by atoms with Crippen LogP contribution < -0.4 is 9.64 Å². The van der Waals surface area contributed by atoms with Gasteiger partial charge in [-0.3, -0.25) is 19.5 Å². The number of pyridine rings is 1. The second-order valence-corrected chi connectivity index (χ2v) is 8.17. The molecule has 1 saturated heterocycles. The predicted octanol–water partition coefficient (Wildman–Crippen LogP) is 5.08. The summed E-state index contributed by atoms with van der Waals surface area (Å²) < 4.78 is 33.9. The first-order chi connectivity index (χ1) is 16.2. The molecule has 1 atom stereocenters. The second-order valence-electron chi connectivity index (χ2n) is 8.17. The summed E-state index contributed by atoms with van der Waals surface area (Å²) in [7, 11) is 0. The highest BCUT2D eigenvalue weighted by Gasteiger charge is 2.48. The molecule has 0 saturated carbocycles. The Morgan fingerprint density at radius 3 is 2.47 bits per heavy atom. The average Bonchev–Trinajstić information content (AvgIpc) is 3.05. The van der Waals surface area contributed by atoms with Gasteiger partial charge in [-0.05, 0) is 68.8 Å². The number of aliphatic hydroxyl groups excluding tert-OH is 1. The van der Waals surface area contributed by atoms with Crippen molar-refractivity contribution in [1.82, 2.24) is 4.98 Å². The standard InChI is InChI=1S/C26H22F2N2O4/c1-14(2)34-21-10-7-16(12-15(21)3)24(31)22-23(19-6-4-5-11-29-19)30(26(33)25(22)32)20-9-8-17(27)13-18(20)28/h4-14,23,31H,1-3H3/b24-22+. The van der Waals surface area contributed by atoms with E-state index in [0.717, 1.165) is 17.0 Å². The third kappa shape index (κ3) is 4.14. The highest BCUT2D eigenvalue weighted by molar-refractivity contribution is 6.51. The quantitative estimate of drug-likeness (QED) is 0.324. The summed E-state index contributed by atoms with van der Waals surface area (Å²) in [5.41, 5.74) is 0.695. The van der Waals surface area contributed by atoms with E-state index in [4.69, 9.17) is 4.74 Å². The number of rotatable bonds is 5. The second kappa shape index (κ2) is 9.05. The summed E-state index contributed by atoms with van der Waals surface area (Å²) in [6.45, 7) is 5.56. The smallest absolute Gasteiger partial charge is 0.300 e. The van der Waals surface area contributed by atoms with Gasteiger partial charge in [-0.1, -0.05) is 6.07 Å². The molecule has 4 rings (SSSR count). The van der Waals surface area contributed by atoms with Gasteiger partial charge in [-0.25, -0.2) is 8.78 Å². The number of ketones is 1. The van der Waals surface area contributed by atoms with E-state index in [1.54, 1.807) is 43.3 Å². The summed E-state index contributed by atoms with van der Waals surface area (Å²) in [5.74, 6) is -3.73. The van der Waals surface area contributed by atoms with Crippen LogP contribution in [0.25, 0.3) is 5.76 Å². The molecule has 34 heavy (non-hydrogen) atoms. The van der Waals surface area contributed by atoms with E-state index in [2.05, 4.69) is 4.98 Å². The first kappa shape index (κ1) is 23.1. The number of aryl methyl sites for hydroxylation is 1. The molecule has 8 heteroatoms. The van der Waals surface area contributed by atoms with Crippen LogP contribution in [0.5, 0.6) is 5.75 Å². The van der Waals surface area contributed by atoms with Gasteiger partial charge in [0, 0.05) is 17.8 Å². The van der Waals surface area contributed by atoms with Gasteiger partial charge >= 0.3 is 0 Å². The zero-order valence-electron chi connectivity index (χ0n) is 18.8. The zero-order valence-corrected chi connectivity index (χ0v) is 18.8. The number of halogens is 2. The lowest BCUT2D eigenvalue weighted by molar-refractivity contribution is -0.132. The van der Waals surface area contributed by atoms with E-state index in [0.29, 0.717) is 17.4 Å². The van der Waals surface area contributed by atoms with Crippen molar-refractivity contribution in [2.45, 2.75) is 32.9 Å². The Bertz CT molecular complexity index is 1310. The maximum atomic E-state index is 14.7. The largest absolute Gasteiger partial charge is 0.507 e. The van der Waals surface area contributed by atoms with Gasteiger partial charge in [0.25, 0.3) is 11.7 Å². The molecule has 2 heterocycles. The van der Waals surface area contributed by atoms with Crippen molar-refractivity contribution in [3.63, 3.8) is 0 Å². The summed E-state index contributed by atoms with van der Waals surface area (Å²) >= 11 is 0. The van der Waals surface area contributed by atoms with Crippen LogP contribution in [0.3, 0.4) is 0 Å². The van der Waals surface area contributed by atoms with Gasteiger partial charge in [-0.15, -0.1) is 0 Å². The van der Waals surface area contributed by atoms with Gasteiger partial charge in [0.2, 0.25) is 0 Å². The maximum absolute atomic E-state index is 14.7. The van der Waals surface area contributed by atoms with Crippen molar-refractivity contribution < 1.29 is 28.2 Å². The monoisotopic (exact) mass is 464 g/mol. The molecular formula is C26H22F2N2O4. The Morgan fingerprint density at radius 1 is 1.09 bits per heavy atom. The number of hydrogen-bond donors (Lipinski definition) is 1. The van der Waals surface area contributed by atoms with Crippen LogP contribution in [0.2, 0.25) is 0 Å². The van der Waals surface area contributed by atoms with E-state index >= 15 is 0 Å². The lowest BCUT2D eigenvalue weighted by Gasteiger charge is -2.25. The normalized spacial score (nSPS) is 17.5. The SMILES string of the molecule is Cc1cc(/C(O)=C2\C(=O)C(=O)N(c3ccc(F)cc3F)C2c2ccccn2)ccc1OC(C)C. The van der Waals surface area contributed by atoms with Crippen LogP contribution in [0, 0.1) is 18.6 Å². The van der Waals surface area contributed by atoms with E-state index < -0.39 is 35.1 Å². The topological polar surface area (TPSA) is 79.7 Å². The number of benzene rings is 2. The fourth-order valence-corrected chi connectivity index (χ4v) is 3.91. The van der Waals surface area contributed by atoms with Crippen molar-refractivity contribution in [2.24, 2.45) is 0 Å². The molecule has 1 N–H and O–H groups in total.